The van der Waals surface area contributed by atoms with Crippen molar-refractivity contribution in [2.24, 2.45) is 0 Å². The van der Waals surface area contributed by atoms with Gasteiger partial charge >= 0.3 is 5.97 Å². The molecule has 0 amide bonds. The number of aromatic nitrogens is 2. The first-order valence-electron chi connectivity index (χ1n) is 10.8. The van der Waals surface area contributed by atoms with Gasteiger partial charge < -0.3 is 14.6 Å². The van der Waals surface area contributed by atoms with Crippen LogP contribution in [0.25, 0.3) is 0 Å². The molecular weight excluding hydrogens is 368 g/mol. The summed E-state index contributed by atoms with van der Waals surface area (Å²) in [6, 6.07) is 0. The second-order valence-electron chi connectivity index (χ2n) is 9.44. The molecule has 0 fully saturated rings. The van der Waals surface area contributed by atoms with E-state index in [1.165, 1.54) is 6.08 Å². The Morgan fingerprint density at radius 3 is 2.14 bits per heavy atom. The molecule has 1 aromatic rings. The number of carbonyl (C=O) groups excluding carboxylic acids is 1. The minimum atomic E-state index is -0.776. The van der Waals surface area contributed by atoms with E-state index < -0.39 is 5.92 Å². The third kappa shape index (κ3) is 7.41. The fourth-order valence-corrected chi connectivity index (χ4v) is 3.00. The second-order valence-corrected chi connectivity index (χ2v) is 9.44. The maximum absolute atomic E-state index is 13.1. The van der Waals surface area contributed by atoms with Crippen LogP contribution in [0.3, 0.4) is 0 Å². The van der Waals surface area contributed by atoms with Gasteiger partial charge in [-0.15, -0.1) is 0 Å². The summed E-state index contributed by atoms with van der Waals surface area (Å²) in [6.07, 6.45) is 8.99. The molecule has 1 heterocycles. The lowest BCUT2D eigenvalue weighted by atomic mass is 10.0. The average molecular weight is 410 g/mol. The Morgan fingerprint density at radius 2 is 1.66 bits per heavy atom. The summed E-state index contributed by atoms with van der Waals surface area (Å²) >= 11 is 0. The molecule has 0 aliphatic carbocycles. The summed E-state index contributed by atoms with van der Waals surface area (Å²) < 4.78 is 15.1. The van der Waals surface area contributed by atoms with Crippen LogP contribution in [0.15, 0.2) is 24.4 Å². The Bertz CT molecular complexity index is 647. The zero-order valence-electron chi connectivity index (χ0n) is 19.6. The van der Waals surface area contributed by atoms with Crippen molar-refractivity contribution < 1.29 is 23.9 Å². The van der Waals surface area contributed by atoms with Crippen molar-refractivity contribution in [3.8, 4) is 0 Å². The van der Waals surface area contributed by atoms with Crippen LogP contribution in [0, 0.1) is 0 Å². The number of ether oxygens (including phenoxy) is 2. The largest absolute Gasteiger partial charge is 0.481 e. The molecule has 6 nitrogen and oxygen atoms in total. The van der Waals surface area contributed by atoms with Gasteiger partial charge in [0.25, 0.3) is 11.8 Å². The van der Waals surface area contributed by atoms with Crippen LogP contribution < -0.4 is 4.57 Å². The summed E-state index contributed by atoms with van der Waals surface area (Å²) in [5.41, 5.74) is -0.499. The topological polar surface area (TPSA) is 64.6 Å². The van der Waals surface area contributed by atoms with Crippen LogP contribution in [0.4, 0.5) is 0 Å². The minimum Gasteiger partial charge on any atom is -0.481 e. The number of imidazole rings is 1. The molecule has 1 rings (SSSR count). The van der Waals surface area contributed by atoms with Crippen molar-refractivity contribution in [1.82, 2.24) is 4.57 Å². The summed E-state index contributed by atoms with van der Waals surface area (Å²) in [5.74, 6) is -0.636. The number of rotatable bonds is 10. The molecule has 0 saturated carbocycles. The number of hydrogen-bond donors (Lipinski definition) is 1. The Labute approximate surface area is 176 Å². The molecule has 1 unspecified atom stereocenters. The number of esters is 1. The lowest BCUT2D eigenvalue weighted by molar-refractivity contribution is -0.760. The summed E-state index contributed by atoms with van der Waals surface area (Å²) in [7, 11) is 0. The lowest BCUT2D eigenvalue weighted by Gasteiger charge is -2.24. The molecule has 6 heteroatoms. The second kappa shape index (κ2) is 10.7. The van der Waals surface area contributed by atoms with Crippen LogP contribution in [0.1, 0.15) is 92.8 Å². The van der Waals surface area contributed by atoms with Crippen molar-refractivity contribution in [2.75, 3.05) is 13.2 Å². The van der Waals surface area contributed by atoms with Gasteiger partial charge in [0.05, 0.1) is 13.2 Å². The highest BCUT2D eigenvalue weighted by Gasteiger charge is 2.40. The standard InChI is InChI=1S/C23H40N2O4/c1-9-11-15-28-19(26)17-18(21(27)29-16-12-10-2)20-24(22(3,4)5)13-14-25(20)23(6,7)8/h13-14,17-18H,9-12,15-16H2,1-8H3/p+1/b19-17-. The number of unbranched alkanes of at least 4 members (excludes halogenated alkanes) is 2. The molecule has 0 radical (unpaired) electrons. The fraction of sp³-hybridized carbons (Fsp3) is 0.739. The summed E-state index contributed by atoms with van der Waals surface area (Å²) in [5, 5.41) is 10.4. The molecular formula is C23H41N2O4+. The Balaban J connectivity index is 3.46. The smallest absolute Gasteiger partial charge is 0.325 e. The van der Waals surface area contributed by atoms with E-state index in [4.69, 9.17) is 9.47 Å². The third-order valence-electron chi connectivity index (χ3n) is 4.64. The number of nitrogens with zero attached hydrogens (tertiary/aromatic N) is 2. The number of hydrogen-bond acceptors (Lipinski definition) is 4. The van der Waals surface area contributed by atoms with Gasteiger partial charge in [-0.3, -0.25) is 4.79 Å². The van der Waals surface area contributed by atoms with Gasteiger partial charge in [0.2, 0.25) is 0 Å². The summed E-state index contributed by atoms with van der Waals surface area (Å²) in [4.78, 5) is 13.1. The maximum Gasteiger partial charge on any atom is 0.325 e. The van der Waals surface area contributed by atoms with E-state index in [1.54, 1.807) is 0 Å². The maximum atomic E-state index is 13.1. The van der Waals surface area contributed by atoms with Crippen LogP contribution in [-0.4, -0.2) is 28.9 Å². The fourth-order valence-electron chi connectivity index (χ4n) is 3.00. The monoisotopic (exact) mass is 409 g/mol. The van der Waals surface area contributed by atoms with Crippen molar-refractivity contribution in [1.29, 1.82) is 0 Å². The molecule has 1 atom stereocenters. The SMILES string of the molecule is CCCCOC(=O)C(/C=C(/O)OCCCC)c1n(C(C)(C)C)cc[n+]1C(C)(C)C. The first kappa shape index (κ1) is 25.1. The average Bonchev–Trinajstić information content (AvgIpc) is 3.05. The predicted molar refractivity (Wildman–Crippen MR) is 115 cm³/mol. The van der Waals surface area contributed by atoms with E-state index in [9.17, 15) is 9.90 Å². The van der Waals surface area contributed by atoms with Crippen LogP contribution >= 0.6 is 0 Å². The first-order valence-corrected chi connectivity index (χ1v) is 10.8. The van der Waals surface area contributed by atoms with Crippen molar-refractivity contribution in [3.05, 3.63) is 30.2 Å². The van der Waals surface area contributed by atoms with Gasteiger partial charge in [0.1, 0.15) is 23.5 Å². The van der Waals surface area contributed by atoms with Gasteiger partial charge in [0.15, 0.2) is 5.92 Å². The van der Waals surface area contributed by atoms with E-state index in [-0.39, 0.29) is 23.0 Å². The molecule has 0 aromatic carbocycles. The van der Waals surface area contributed by atoms with E-state index in [2.05, 4.69) is 64.5 Å². The quantitative estimate of drug-likeness (QED) is 0.258. The molecule has 1 N–H and O–H groups in total. The third-order valence-corrected chi connectivity index (χ3v) is 4.64. The molecule has 0 aliphatic heterocycles. The lowest BCUT2D eigenvalue weighted by Crippen LogP contribution is -2.54. The van der Waals surface area contributed by atoms with Gasteiger partial charge in [-0.1, -0.05) is 26.7 Å². The van der Waals surface area contributed by atoms with Gasteiger partial charge in [-0.25, -0.2) is 9.13 Å². The Morgan fingerprint density at radius 1 is 1.10 bits per heavy atom. The van der Waals surface area contributed by atoms with Crippen molar-refractivity contribution in [3.63, 3.8) is 0 Å². The minimum absolute atomic E-state index is 0.238. The highest BCUT2D eigenvalue weighted by molar-refractivity contribution is 5.79. The van der Waals surface area contributed by atoms with E-state index in [0.717, 1.165) is 31.5 Å². The first-order chi connectivity index (χ1) is 13.4. The van der Waals surface area contributed by atoms with Crippen LogP contribution in [0.5, 0.6) is 0 Å². The number of aliphatic hydroxyl groups is 1. The van der Waals surface area contributed by atoms with Crippen LogP contribution in [0.2, 0.25) is 0 Å². The van der Waals surface area contributed by atoms with E-state index >= 15 is 0 Å². The van der Waals surface area contributed by atoms with E-state index in [1.807, 2.05) is 12.4 Å². The Hall–Kier alpha value is -1.98. The molecule has 29 heavy (non-hydrogen) atoms. The highest BCUT2D eigenvalue weighted by Crippen LogP contribution is 2.26. The molecule has 166 valence electrons. The molecule has 0 saturated heterocycles. The normalized spacial score (nSPS) is 14.0. The number of aliphatic hydroxyl groups excluding tert-OH is 1. The highest BCUT2D eigenvalue weighted by atomic mass is 16.6. The zero-order chi connectivity index (χ0) is 22.2. The van der Waals surface area contributed by atoms with Gasteiger partial charge in [0, 0.05) is 6.08 Å². The molecule has 0 spiro atoms. The summed E-state index contributed by atoms with van der Waals surface area (Å²) in [6.45, 7) is 17.4. The van der Waals surface area contributed by atoms with Gasteiger partial charge in [-0.2, -0.15) is 0 Å². The predicted octanol–water partition coefficient (Wildman–Crippen LogP) is 4.93. The zero-order valence-corrected chi connectivity index (χ0v) is 19.6. The van der Waals surface area contributed by atoms with E-state index in [0.29, 0.717) is 13.2 Å². The Kier molecular flexibility index (Phi) is 9.24. The molecule has 1 aromatic heterocycles. The van der Waals surface area contributed by atoms with Crippen molar-refractivity contribution in [2.45, 2.75) is 98.1 Å². The van der Waals surface area contributed by atoms with Gasteiger partial charge in [-0.05, 0) is 54.4 Å². The number of carbonyl (C=O) groups is 1. The van der Waals surface area contributed by atoms with Crippen molar-refractivity contribution >= 4 is 5.97 Å². The molecule has 0 aliphatic rings. The van der Waals surface area contributed by atoms with Crippen LogP contribution in [-0.2, 0) is 25.3 Å². The molecule has 0 bridgehead atoms.